The number of aromatic amines is 1. The zero-order valence-corrected chi connectivity index (χ0v) is 18.1. The van der Waals surface area contributed by atoms with Gasteiger partial charge in [-0.15, -0.1) is 0 Å². The number of H-pyrrole nitrogens is 1. The van der Waals surface area contributed by atoms with Crippen LogP contribution in [0.4, 0.5) is 0 Å². The van der Waals surface area contributed by atoms with Crippen molar-refractivity contribution in [2.45, 2.75) is 57.3 Å². The standard InChI is InChI=1S/C23H31N5O3/c1-2-3-14-31-19-8-6-18(7-9-19)23(30)24-15-20(29)28-12-10-17(11-13-28)22-25-21(26-27-22)16-4-5-16/h6-9,16-17H,2-5,10-15H2,1H3,(H,24,30)(H,25,26,27). The summed E-state index contributed by atoms with van der Waals surface area (Å²) in [5.41, 5.74) is 0.520. The fourth-order valence-corrected chi connectivity index (χ4v) is 3.80. The van der Waals surface area contributed by atoms with Gasteiger partial charge in [-0.3, -0.25) is 14.7 Å². The highest BCUT2D eigenvalue weighted by atomic mass is 16.5. The van der Waals surface area contributed by atoms with Crippen molar-refractivity contribution < 1.29 is 14.3 Å². The minimum Gasteiger partial charge on any atom is -0.494 e. The minimum absolute atomic E-state index is 0.00634. The lowest BCUT2D eigenvalue weighted by atomic mass is 9.96. The second kappa shape index (κ2) is 9.94. The molecule has 2 aliphatic rings. The number of nitrogens with zero attached hydrogens (tertiary/aromatic N) is 3. The van der Waals surface area contributed by atoms with Crippen LogP contribution in [-0.4, -0.2) is 58.1 Å². The number of aromatic nitrogens is 3. The Morgan fingerprint density at radius 3 is 2.55 bits per heavy atom. The molecule has 2 heterocycles. The van der Waals surface area contributed by atoms with E-state index in [1.807, 2.05) is 4.90 Å². The number of nitrogens with one attached hydrogen (secondary N) is 2. The molecule has 0 unspecified atom stereocenters. The third-order valence-electron chi connectivity index (χ3n) is 5.98. The van der Waals surface area contributed by atoms with Crippen molar-refractivity contribution in [3.05, 3.63) is 41.5 Å². The van der Waals surface area contributed by atoms with Gasteiger partial charge in [0.1, 0.15) is 11.6 Å². The lowest BCUT2D eigenvalue weighted by molar-refractivity contribution is -0.131. The van der Waals surface area contributed by atoms with Crippen LogP contribution in [0.1, 0.15) is 79.3 Å². The molecule has 0 bridgehead atoms. The predicted octanol–water partition coefficient (Wildman–Crippen LogP) is 3.00. The highest BCUT2D eigenvalue weighted by Crippen LogP contribution is 2.38. The number of benzene rings is 1. The van der Waals surface area contributed by atoms with Gasteiger partial charge >= 0.3 is 0 Å². The zero-order chi connectivity index (χ0) is 21.6. The first-order chi connectivity index (χ1) is 15.1. The Bertz CT molecular complexity index is 883. The third-order valence-corrected chi connectivity index (χ3v) is 5.98. The number of rotatable bonds is 9. The summed E-state index contributed by atoms with van der Waals surface area (Å²) in [6.07, 6.45) is 6.17. The highest BCUT2D eigenvalue weighted by molar-refractivity contribution is 5.96. The number of unbranched alkanes of at least 4 members (excludes halogenated alkanes) is 1. The second-order valence-corrected chi connectivity index (χ2v) is 8.42. The molecular formula is C23H31N5O3. The molecule has 166 valence electrons. The molecule has 31 heavy (non-hydrogen) atoms. The van der Waals surface area contributed by atoms with Crippen LogP contribution in [0.3, 0.4) is 0 Å². The highest BCUT2D eigenvalue weighted by Gasteiger charge is 2.30. The molecule has 2 amide bonds. The van der Waals surface area contributed by atoms with Crippen molar-refractivity contribution in [2.75, 3.05) is 26.2 Å². The van der Waals surface area contributed by atoms with Gasteiger partial charge in [0.05, 0.1) is 13.2 Å². The van der Waals surface area contributed by atoms with Gasteiger partial charge in [-0.05, 0) is 56.4 Å². The van der Waals surface area contributed by atoms with E-state index < -0.39 is 0 Å². The summed E-state index contributed by atoms with van der Waals surface area (Å²) in [7, 11) is 0. The summed E-state index contributed by atoms with van der Waals surface area (Å²) in [4.78, 5) is 31.4. The van der Waals surface area contributed by atoms with Gasteiger partial charge in [0.2, 0.25) is 5.91 Å². The lowest BCUT2D eigenvalue weighted by Gasteiger charge is -2.31. The molecule has 1 aromatic carbocycles. The van der Waals surface area contributed by atoms with Crippen LogP contribution in [0, 0.1) is 0 Å². The first-order valence-electron chi connectivity index (χ1n) is 11.3. The topological polar surface area (TPSA) is 100 Å². The van der Waals surface area contributed by atoms with E-state index in [2.05, 4.69) is 27.4 Å². The molecule has 0 radical (unpaired) electrons. The van der Waals surface area contributed by atoms with Gasteiger partial charge in [0.25, 0.3) is 5.91 Å². The molecule has 2 aromatic rings. The number of hydrogen-bond acceptors (Lipinski definition) is 5. The molecule has 2 N–H and O–H groups in total. The van der Waals surface area contributed by atoms with E-state index in [0.717, 1.165) is 43.1 Å². The summed E-state index contributed by atoms with van der Waals surface area (Å²) < 4.78 is 5.61. The van der Waals surface area contributed by atoms with E-state index in [1.165, 1.54) is 12.8 Å². The van der Waals surface area contributed by atoms with Gasteiger partial charge in [-0.2, -0.15) is 5.10 Å². The van der Waals surface area contributed by atoms with Crippen LogP contribution in [0.15, 0.2) is 24.3 Å². The van der Waals surface area contributed by atoms with Crippen molar-refractivity contribution in [1.82, 2.24) is 25.4 Å². The zero-order valence-electron chi connectivity index (χ0n) is 18.1. The van der Waals surface area contributed by atoms with E-state index in [0.29, 0.717) is 37.1 Å². The quantitative estimate of drug-likeness (QED) is 0.602. The van der Waals surface area contributed by atoms with Crippen LogP contribution in [0.2, 0.25) is 0 Å². The van der Waals surface area contributed by atoms with Crippen LogP contribution < -0.4 is 10.1 Å². The van der Waals surface area contributed by atoms with E-state index >= 15 is 0 Å². The van der Waals surface area contributed by atoms with Crippen molar-refractivity contribution in [3.63, 3.8) is 0 Å². The molecule has 1 saturated heterocycles. The van der Waals surface area contributed by atoms with E-state index in [4.69, 9.17) is 4.74 Å². The molecule has 1 aromatic heterocycles. The van der Waals surface area contributed by atoms with Gasteiger partial charge in [0, 0.05) is 30.5 Å². The smallest absolute Gasteiger partial charge is 0.251 e. The monoisotopic (exact) mass is 425 g/mol. The molecule has 0 atom stereocenters. The number of piperidine rings is 1. The van der Waals surface area contributed by atoms with Crippen LogP contribution in [-0.2, 0) is 4.79 Å². The molecule has 4 rings (SSSR count). The summed E-state index contributed by atoms with van der Waals surface area (Å²) >= 11 is 0. The third kappa shape index (κ3) is 5.62. The maximum Gasteiger partial charge on any atom is 0.251 e. The first kappa shape index (κ1) is 21.3. The van der Waals surface area contributed by atoms with Crippen molar-refractivity contribution in [1.29, 1.82) is 0 Å². The Balaban J connectivity index is 1.19. The number of amides is 2. The van der Waals surface area contributed by atoms with E-state index in [9.17, 15) is 9.59 Å². The maximum atomic E-state index is 12.5. The van der Waals surface area contributed by atoms with Crippen molar-refractivity contribution in [3.8, 4) is 5.75 Å². The average Bonchev–Trinajstić information content (AvgIpc) is 3.54. The van der Waals surface area contributed by atoms with Crippen LogP contribution in [0.5, 0.6) is 5.75 Å². The largest absolute Gasteiger partial charge is 0.494 e. The fourth-order valence-electron chi connectivity index (χ4n) is 3.80. The normalized spacial score (nSPS) is 16.9. The van der Waals surface area contributed by atoms with Crippen LogP contribution >= 0.6 is 0 Å². The Morgan fingerprint density at radius 2 is 1.87 bits per heavy atom. The number of ether oxygens (including phenoxy) is 1. The fraction of sp³-hybridized carbons (Fsp3) is 0.565. The molecule has 2 fully saturated rings. The van der Waals surface area contributed by atoms with Gasteiger partial charge in [-0.25, -0.2) is 4.98 Å². The average molecular weight is 426 g/mol. The molecule has 1 saturated carbocycles. The Morgan fingerprint density at radius 1 is 1.13 bits per heavy atom. The summed E-state index contributed by atoms with van der Waals surface area (Å²) in [5, 5.41) is 10.2. The molecule has 8 nitrogen and oxygen atoms in total. The van der Waals surface area contributed by atoms with E-state index in [-0.39, 0.29) is 18.4 Å². The SMILES string of the molecule is CCCCOc1ccc(C(=O)NCC(=O)N2CCC(c3nc(C4CC4)n[nH]3)CC2)cc1. The Kier molecular flexibility index (Phi) is 6.84. The van der Waals surface area contributed by atoms with Gasteiger partial charge in [0.15, 0.2) is 5.82 Å². The number of likely N-dealkylation sites (tertiary alicyclic amines) is 1. The van der Waals surface area contributed by atoms with E-state index in [1.54, 1.807) is 24.3 Å². The number of hydrogen-bond donors (Lipinski definition) is 2. The molecule has 0 spiro atoms. The van der Waals surface area contributed by atoms with Crippen LogP contribution in [0.25, 0.3) is 0 Å². The maximum absolute atomic E-state index is 12.5. The number of carbonyl (C=O) groups is 2. The number of carbonyl (C=O) groups excluding carboxylic acids is 2. The molecule has 8 heteroatoms. The van der Waals surface area contributed by atoms with Crippen molar-refractivity contribution in [2.24, 2.45) is 0 Å². The summed E-state index contributed by atoms with van der Waals surface area (Å²) in [6, 6.07) is 7.02. The molecule has 1 aliphatic heterocycles. The summed E-state index contributed by atoms with van der Waals surface area (Å²) in [5.74, 6) is 3.19. The minimum atomic E-state index is -0.252. The first-order valence-corrected chi connectivity index (χ1v) is 11.3. The van der Waals surface area contributed by atoms with Gasteiger partial charge in [-0.1, -0.05) is 13.3 Å². The Hall–Kier alpha value is -2.90. The van der Waals surface area contributed by atoms with Gasteiger partial charge < -0.3 is 15.0 Å². The second-order valence-electron chi connectivity index (χ2n) is 8.42. The van der Waals surface area contributed by atoms with Crippen molar-refractivity contribution >= 4 is 11.8 Å². The molecular weight excluding hydrogens is 394 g/mol. The molecule has 1 aliphatic carbocycles. The predicted molar refractivity (Wildman–Crippen MR) is 116 cm³/mol. The summed E-state index contributed by atoms with van der Waals surface area (Å²) in [6.45, 7) is 4.13. The lowest BCUT2D eigenvalue weighted by Crippen LogP contribution is -2.43. The Labute approximate surface area is 182 Å².